The summed E-state index contributed by atoms with van der Waals surface area (Å²) in [6.07, 6.45) is 2.42. The maximum absolute atomic E-state index is 12.2. The first kappa shape index (κ1) is 13.4. The van der Waals surface area contributed by atoms with Gasteiger partial charge in [-0.15, -0.1) is 0 Å². The Morgan fingerprint density at radius 2 is 2.25 bits per heavy atom. The smallest absolute Gasteiger partial charge is 0.316 e. The van der Waals surface area contributed by atoms with Crippen LogP contribution in [-0.4, -0.2) is 31.9 Å². The molecule has 0 radical (unpaired) electrons. The molecular weight excluding hydrogens is 280 g/mol. The molecule has 0 amide bonds. The Kier molecular flexibility index (Phi) is 3.39. The molecule has 0 spiro atoms. The van der Waals surface area contributed by atoms with Crippen LogP contribution in [0.3, 0.4) is 0 Å². The number of fused-ring (bicyclic) bond motifs is 1. The Morgan fingerprint density at radius 1 is 1.40 bits per heavy atom. The van der Waals surface area contributed by atoms with Gasteiger partial charge in [-0.05, 0) is 31.4 Å². The minimum atomic E-state index is -3.52. The largest absolute Gasteiger partial charge is 0.428 e. The lowest BCUT2D eigenvalue weighted by atomic mass is 10.2. The van der Waals surface area contributed by atoms with Crippen LogP contribution in [0.25, 0.3) is 11.1 Å². The highest BCUT2D eigenvalue weighted by atomic mass is 32.2. The van der Waals surface area contributed by atoms with Crippen molar-refractivity contribution in [2.75, 3.05) is 18.1 Å². The monoisotopic (exact) mass is 296 g/mol. The fourth-order valence-electron chi connectivity index (χ4n) is 2.30. The molecule has 3 rings (SSSR count). The molecule has 1 atom stereocenters. The number of rotatable bonds is 4. The number of oxazole rings is 1. The molecule has 2 heterocycles. The number of sulfone groups is 1. The second kappa shape index (κ2) is 5.06. The zero-order valence-electron chi connectivity index (χ0n) is 10.9. The van der Waals surface area contributed by atoms with Crippen LogP contribution in [0.2, 0.25) is 0 Å². The first-order chi connectivity index (χ1) is 9.54. The molecule has 2 N–H and O–H groups in total. The van der Waals surface area contributed by atoms with Gasteiger partial charge in [0.15, 0.2) is 5.58 Å². The molecule has 1 unspecified atom stereocenters. The first-order valence-corrected chi connectivity index (χ1v) is 8.20. The van der Waals surface area contributed by atoms with Crippen LogP contribution in [0.1, 0.15) is 19.3 Å². The Labute approximate surface area is 116 Å². The van der Waals surface area contributed by atoms with Crippen LogP contribution in [0.15, 0.2) is 27.8 Å². The molecule has 1 saturated heterocycles. The van der Waals surface area contributed by atoms with E-state index < -0.39 is 9.84 Å². The van der Waals surface area contributed by atoms with Crippen LogP contribution in [-0.2, 0) is 14.6 Å². The SMILES string of the molecule is Nc1ccc2nc(S(=O)(=O)CCC3CCCO3)oc2c1. The number of nitrogens with two attached hydrogens (primary N) is 1. The molecular formula is C13H16N2O4S. The van der Waals surface area contributed by atoms with Crippen LogP contribution in [0, 0.1) is 0 Å². The van der Waals surface area contributed by atoms with Crippen LogP contribution in [0.5, 0.6) is 0 Å². The summed E-state index contributed by atoms with van der Waals surface area (Å²) in [4.78, 5) is 4.02. The molecule has 7 heteroatoms. The number of hydrogen-bond acceptors (Lipinski definition) is 6. The van der Waals surface area contributed by atoms with Gasteiger partial charge in [0.05, 0.1) is 11.9 Å². The zero-order valence-corrected chi connectivity index (χ0v) is 11.7. The summed E-state index contributed by atoms with van der Waals surface area (Å²) in [5.74, 6) is -0.0139. The molecule has 108 valence electrons. The van der Waals surface area contributed by atoms with Crippen molar-refractivity contribution in [3.63, 3.8) is 0 Å². The Morgan fingerprint density at radius 3 is 3.00 bits per heavy atom. The topological polar surface area (TPSA) is 95.4 Å². The molecule has 0 bridgehead atoms. The van der Waals surface area contributed by atoms with Crippen molar-refractivity contribution in [1.29, 1.82) is 0 Å². The Bertz CT molecular complexity index is 717. The van der Waals surface area contributed by atoms with Crippen molar-refractivity contribution in [2.24, 2.45) is 0 Å². The van der Waals surface area contributed by atoms with Crippen LogP contribution in [0.4, 0.5) is 5.69 Å². The number of nitrogen functional groups attached to an aromatic ring is 1. The molecule has 1 aliphatic rings. The molecule has 0 saturated carbocycles. The molecule has 2 aromatic rings. The van der Waals surface area contributed by atoms with E-state index in [-0.39, 0.29) is 17.1 Å². The van der Waals surface area contributed by atoms with Gasteiger partial charge in [-0.25, -0.2) is 8.42 Å². The van der Waals surface area contributed by atoms with E-state index in [1.165, 1.54) is 0 Å². The number of hydrogen-bond donors (Lipinski definition) is 1. The summed E-state index contributed by atoms with van der Waals surface area (Å²) in [7, 11) is -3.52. The summed E-state index contributed by atoms with van der Waals surface area (Å²) in [5.41, 5.74) is 7.03. The predicted octanol–water partition coefficient (Wildman–Crippen LogP) is 1.75. The van der Waals surface area contributed by atoms with E-state index >= 15 is 0 Å². The quantitative estimate of drug-likeness (QED) is 0.864. The minimum Gasteiger partial charge on any atom is -0.428 e. The third-order valence-corrected chi connectivity index (χ3v) is 4.87. The average molecular weight is 296 g/mol. The molecule has 1 aromatic heterocycles. The highest BCUT2D eigenvalue weighted by molar-refractivity contribution is 7.91. The average Bonchev–Trinajstić information content (AvgIpc) is 3.05. The van der Waals surface area contributed by atoms with Crippen LogP contribution >= 0.6 is 0 Å². The molecule has 1 aromatic carbocycles. The number of ether oxygens (including phenoxy) is 1. The van der Waals surface area contributed by atoms with Gasteiger partial charge in [-0.1, -0.05) is 0 Å². The van der Waals surface area contributed by atoms with Crippen molar-refractivity contribution in [2.45, 2.75) is 30.6 Å². The molecule has 1 fully saturated rings. The van der Waals surface area contributed by atoms with Crippen molar-refractivity contribution in [1.82, 2.24) is 4.98 Å². The van der Waals surface area contributed by atoms with Crippen molar-refractivity contribution >= 4 is 26.6 Å². The van der Waals surface area contributed by atoms with Gasteiger partial charge in [0.25, 0.3) is 0 Å². The Hall–Kier alpha value is -1.60. The summed E-state index contributed by atoms with van der Waals surface area (Å²) in [5, 5.41) is -0.240. The predicted molar refractivity (Wildman–Crippen MR) is 74.1 cm³/mol. The van der Waals surface area contributed by atoms with Crippen molar-refractivity contribution < 1.29 is 17.6 Å². The van der Waals surface area contributed by atoms with Gasteiger partial charge in [0.1, 0.15) is 5.52 Å². The molecule has 20 heavy (non-hydrogen) atoms. The maximum atomic E-state index is 12.2. The standard InChI is InChI=1S/C13H16N2O4S/c14-9-3-4-11-12(8-9)19-13(15-11)20(16,17)7-5-10-2-1-6-18-10/h3-4,8,10H,1-2,5-7,14H2. The molecule has 6 nitrogen and oxygen atoms in total. The van der Waals surface area contributed by atoms with E-state index in [0.29, 0.717) is 29.8 Å². The van der Waals surface area contributed by atoms with Crippen LogP contribution < -0.4 is 5.73 Å². The van der Waals surface area contributed by atoms with E-state index in [1.807, 2.05) is 0 Å². The van der Waals surface area contributed by atoms with Gasteiger partial charge < -0.3 is 14.9 Å². The van der Waals surface area contributed by atoms with Gasteiger partial charge in [-0.2, -0.15) is 4.98 Å². The fraction of sp³-hybridized carbons (Fsp3) is 0.462. The maximum Gasteiger partial charge on any atom is 0.316 e. The van der Waals surface area contributed by atoms with E-state index in [9.17, 15) is 8.42 Å². The number of benzene rings is 1. The van der Waals surface area contributed by atoms with E-state index in [2.05, 4.69) is 4.98 Å². The van der Waals surface area contributed by atoms with Crippen molar-refractivity contribution in [3.05, 3.63) is 18.2 Å². The zero-order chi connectivity index (χ0) is 14.2. The van der Waals surface area contributed by atoms with E-state index in [1.54, 1.807) is 18.2 Å². The second-order valence-corrected chi connectivity index (χ2v) is 6.94. The van der Waals surface area contributed by atoms with E-state index in [0.717, 1.165) is 12.8 Å². The minimum absolute atomic E-state index is 0.0139. The number of aromatic nitrogens is 1. The van der Waals surface area contributed by atoms with Gasteiger partial charge in [-0.3, -0.25) is 0 Å². The first-order valence-electron chi connectivity index (χ1n) is 6.55. The summed E-state index contributed by atoms with van der Waals surface area (Å²) in [6.45, 7) is 0.715. The fourth-order valence-corrected chi connectivity index (χ4v) is 3.50. The van der Waals surface area contributed by atoms with Gasteiger partial charge in [0, 0.05) is 18.4 Å². The normalized spacial score (nSPS) is 19.7. The second-order valence-electron chi connectivity index (χ2n) is 4.95. The summed E-state index contributed by atoms with van der Waals surface area (Å²) in [6, 6.07) is 4.88. The number of nitrogens with zero attached hydrogens (tertiary/aromatic N) is 1. The third kappa shape index (κ3) is 2.64. The van der Waals surface area contributed by atoms with Crippen molar-refractivity contribution in [3.8, 4) is 0 Å². The highest BCUT2D eigenvalue weighted by Gasteiger charge is 2.25. The molecule has 0 aliphatic carbocycles. The van der Waals surface area contributed by atoms with Gasteiger partial charge in [0.2, 0.25) is 9.84 Å². The lowest BCUT2D eigenvalue weighted by Crippen LogP contribution is -2.14. The summed E-state index contributed by atoms with van der Waals surface area (Å²) < 4.78 is 35.1. The van der Waals surface area contributed by atoms with E-state index in [4.69, 9.17) is 14.9 Å². The van der Waals surface area contributed by atoms with Gasteiger partial charge >= 0.3 is 5.22 Å². The highest BCUT2D eigenvalue weighted by Crippen LogP contribution is 2.23. The Balaban J connectivity index is 1.81. The lowest BCUT2D eigenvalue weighted by molar-refractivity contribution is 0.108. The molecule has 1 aliphatic heterocycles. The number of anilines is 1. The summed E-state index contributed by atoms with van der Waals surface area (Å²) >= 11 is 0. The third-order valence-electron chi connectivity index (χ3n) is 3.39. The lowest BCUT2D eigenvalue weighted by Gasteiger charge is -2.07.